The molecule has 1 aromatic rings. The van der Waals surface area contributed by atoms with E-state index in [-0.39, 0.29) is 6.09 Å². The van der Waals surface area contributed by atoms with Gasteiger partial charge in [0.15, 0.2) is 0 Å². The summed E-state index contributed by atoms with van der Waals surface area (Å²) in [6, 6.07) is 6.23. The summed E-state index contributed by atoms with van der Waals surface area (Å²) in [5.41, 5.74) is 2.65. The second-order valence-electron chi connectivity index (χ2n) is 5.41. The van der Waals surface area contributed by atoms with Gasteiger partial charge >= 0.3 is 6.09 Å². The van der Waals surface area contributed by atoms with Gasteiger partial charge in [-0.1, -0.05) is 12.1 Å². The molecule has 1 unspecified atom stereocenters. The normalized spacial score (nSPS) is 17.2. The topological polar surface area (TPSA) is 38.8 Å². The van der Waals surface area contributed by atoms with Crippen LogP contribution in [0.1, 0.15) is 24.5 Å². The van der Waals surface area contributed by atoms with Gasteiger partial charge in [0.1, 0.15) is 5.75 Å². The lowest BCUT2D eigenvalue weighted by Crippen LogP contribution is -2.27. The molecule has 20 heavy (non-hydrogen) atoms. The number of carbonyl (C=O) groups is 1. The Morgan fingerprint density at radius 2 is 2.20 bits per heavy atom. The van der Waals surface area contributed by atoms with Crippen LogP contribution >= 0.6 is 0 Å². The van der Waals surface area contributed by atoms with Crippen LogP contribution in [0.5, 0.6) is 5.75 Å². The molecule has 1 aliphatic carbocycles. The van der Waals surface area contributed by atoms with Crippen LogP contribution in [0.25, 0.3) is 0 Å². The van der Waals surface area contributed by atoms with E-state index in [2.05, 4.69) is 6.07 Å². The molecule has 1 aliphatic rings. The molecular weight excluding hydrogens is 254 g/mol. The molecule has 0 spiro atoms. The Balaban J connectivity index is 1.97. The van der Waals surface area contributed by atoms with Crippen LogP contribution in [0.4, 0.5) is 4.79 Å². The SMILES string of the molecule is CCOc1cccc2c1CCC(COC(=O)N(C)C)C2. The number of rotatable bonds is 4. The molecule has 0 saturated carbocycles. The van der Waals surface area contributed by atoms with Gasteiger partial charge in [-0.2, -0.15) is 0 Å². The summed E-state index contributed by atoms with van der Waals surface area (Å²) in [7, 11) is 3.40. The van der Waals surface area contributed by atoms with Crippen molar-refractivity contribution in [2.45, 2.75) is 26.2 Å². The Labute approximate surface area is 120 Å². The number of benzene rings is 1. The maximum Gasteiger partial charge on any atom is 0.409 e. The predicted octanol–water partition coefficient (Wildman–Crippen LogP) is 2.89. The van der Waals surface area contributed by atoms with Crippen molar-refractivity contribution < 1.29 is 14.3 Å². The maximum absolute atomic E-state index is 11.5. The number of nitrogens with zero attached hydrogens (tertiary/aromatic N) is 1. The summed E-state index contributed by atoms with van der Waals surface area (Å²) < 4.78 is 11.0. The summed E-state index contributed by atoms with van der Waals surface area (Å²) >= 11 is 0. The summed E-state index contributed by atoms with van der Waals surface area (Å²) in [5, 5.41) is 0. The lowest BCUT2D eigenvalue weighted by atomic mass is 9.84. The highest BCUT2D eigenvalue weighted by Crippen LogP contribution is 2.32. The zero-order valence-electron chi connectivity index (χ0n) is 12.5. The van der Waals surface area contributed by atoms with Crippen molar-refractivity contribution in [2.75, 3.05) is 27.3 Å². The van der Waals surface area contributed by atoms with Crippen LogP contribution in [-0.2, 0) is 17.6 Å². The molecule has 110 valence electrons. The molecule has 1 aromatic carbocycles. The summed E-state index contributed by atoms with van der Waals surface area (Å²) in [5.74, 6) is 1.41. The number of amides is 1. The number of carbonyl (C=O) groups excluding carboxylic acids is 1. The molecule has 4 heteroatoms. The minimum atomic E-state index is -0.265. The van der Waals surface area contributed by atoms with Gasteiger partial charge < -0.3 is 14.4 Å². The van der Waals surface area contributed by atoms with Crippen molar-refractivity contribution in [1.82, 2.24) is 4.90 Å². The van der Waals surface area contributed by atoms with Gasteiger partial charge in [0.2, 0.25) is 0 Å². The Hall–Kier alpha value is -1.71. The summed E-state index contributed by atoms with van der Waals surface area (Å²) in [6.07, 6.45) is 2.73. The smallest absolute Gasteiger partial charge is 0.409 e. The first kappa shape index (κ1) is 14.7. The number of fused-ring (bicyclic) bond motifs is 1. The van der Waals surface area contributed by atoms with E-state index >= 15 is 0 Å². The summed E-state index contributed by atoms with van der Waals surface area (Å²) in [4.78, 5) is 12.9. The van der Waals surface area contributed by atoms with Crippen LogP contribution in [-0.4, -0.2) is 38.3 Å². The third-order valence-corrected chi connectivity index (χ3v) is 3.65. The largest absolute Gasteiger partial charge is 0.494 e. The van der Waals surface area contributed by atoms with Crippen molar-refractivity contribution in [3.63, 3.8) is 0 Å². The molecule has 0 aromatic heterocycles. The van der Waals surface area contributed by atoms with E-state index in [4.69, 9.17) is 9.47 Å². The van der Waals surface area contributed by atoms with Crippen molar-refractivity contribution in [3.05, 3.63) is 29.3 Å². The van der Waals surface area contributed by atoms with Gasteiger partial charge in [-0.25, -0.2) is 4.79 Å². The fourth-order valence-electron chi connectivity index (χ4n) is 2.60. The Bertz CT molecular complexity index is 471. The highest BCUT2D eigenvalue weighted by Gasteiger charge is 2.22. The lowest BCUT2D eigenvalue weighted by molar-refractivity contribution is 0.0983. The second-order valence-corrected chi connectivity index (χ2v) is 5.41. The minimum Gasteiger partial charge on any atom is -0.494 e. The molecule has 1 amide bonds. The predicted molar refractivity (Wildman–Crippen MR) is 78.2 cm³/mol. The average molecular weight is 277 g/mol. The average Bonchev–Trinajstić information content (AvgIpc) is 2.45. The van der Waals surface area contributed by atoms with E-state index in [0.29, 0.717) is 19.1 Å². The van der Waals surface area contributed by atoms with E-state index in [0.717, 1.165) is 25.0 Å². The van der Waals surface area contributed by atoms with E-state index in [1.807, 2.05) is 19.1 Å². The molecule has 4 nitrogen and oxygen atoms in total. The standard InChI is InChI=1S/C16H23NO3/c1-4-19-15-7-5-6-13-10-12(8-9-14(13)15)11-20-16(18)17(2)3/h5-7,12H,4,8-11H2,1-3H3. The molecule has 2 rings (SSSR count). The molecule has 0 radical (unpaired) electrons. The fraction of sp³-hybridized carbons (Fsp3) is 0.562. The van der Waals surface area contributed by atoms with Crippen LogP contribution < -0.4 is 4.74 Å². The van der Waals surface area contributed by atoms with Crippen molar-refractivity contribution in [2.24, 2.45) is 5.92 Å². The molecular formula is C16H23NO3. The zero-order chi connectivity index (χ0) is 14.5. The van der Waals surface area contributed by atoms with Crippen molar-refractivity contribution in [1.29, 1.82) is 0 Å². The third kappa shape index (κ3) is 3.44. The quantitative estimate of drug-likeness (QED) is 0.849. The van der Waals surface area contributed by atoms with Gasteiger partial charge in [0, 0.05) is 14.1 Å². The first-order valence-corrected chi connectivity index (χ1v) is 7.19. The second kappa shape index (κ2) is 6.64. The van der Waals surface area contributed by atoms with Crippen LogP contribution in [0, 0.1) is 5.92 Å². The molecule has 0 heterocycles. The first-order valence-electron chi connectivity index (χ1n) is 7.19. The van der Waals surface area contributed by atoms with Crippen molar-refractivity contribution in [3.8, 4) is 5.75 Å². The molecule has 0 aliphatic heterocycles. The van der Waals surface area contributed by atoms with Crippen molar-refractivity contribution >= 4 is 6.09 Å². The zero-order valence-corrected chi connectivity index (χ0v) is 12.5. The molecule has 1 atom stereocenters. The highest BCUT2D eigenvalue weighted by atomic mass is 16.6. The van der Waals surface area contributed by atoms with Crippen LogP contribution in [0.2, 0.25) is 0 Å². The number of hydrogen-bond acceptors (Lipinski definition) is 3. The minimum absolute atomic E-state index is 0.265. The number of hydrogen-bond donors (Lipinski definition) is 0. The van der Waals surface area contributed by atoms with Gasteiger partial charge in [-0.3, -0.25) is 0 Å². The number of ether oxygens (including phenoxy) is 2. The first-order chi connectivity index (χ1) is 9.61. The lowest BCUT2D eigenvalue weighted by Gasteiger charge is -2.26. The van der Waals surface area contributed by atoms with Gasteiger partial charge in [0.25, 0.3) is 0 Å². The monoisotopic (exact) mass is 277 g/mol. The van der Waals surface area contributed by atoms with E-state index in [1.54, 1.807) is 14.1 Å². The van der Waals surface area contributed by atoms with Crippen LogP contribution in [0.3, 0.4) is 0 Å². The molecule has 0 saturated heterocycles. The Morgan fingerprint density at radius 1 is 1.40 bits per heavy atom. The molecule has 0 bridgehead atoms. The summed E-state index contributed by atoms with van der Waals surface area (Å²) in [6.45, 7) is 3.20. The Morgan fingerprint density at radius 3 is 2.90 bits per heavy atom. The highest BCUT2D eigenvalue weighted by molar-refractivity contribution is 5.66. The van der Waals surface area contributed by atoms with E-state index in [1.165, 1.54) is 16.0 Å². The maximum atomic E-state index is 11.5. The van der Waals surface area contributed by atoms with E-state index in [9.17, 15) is 4.79 Å². The third-order valence-electron chi connectivity index (χ3n) is 3.65. The fourth-order valence-corrected chi connectivity index (χ4v) is 2.60. The molecule has 0 fully saturated rings. The van der Waals surface area contributed by atoms with Gasteiger partial charge in [-0.15, -0.1) is 0 Å². The van der Waals surface area contributed by atoms with E-state index < -0.39 is 0 Å². The van der Waals surface area contributed by atoms with Gasteiger partial charge in [-0.05, 0) is 49.3 Å². The van der Waals surface area contributed by atoms with Gasteiger partial charge in [0.05, 0.1) is 13.2 Å². The molecule has 0 N–H and O–H groups in total. The Kier molecular flexibility index (Phi) is 4.88. The van der Waals surface area contributed by atoms with Crippen LogP contribution in [0.15, 0.2) is 18.2 Å².